The SMILES string of the molecule is CC(C)(C)[Si](C)(C)OCC[C@H](NC(=O)C[C@H](O)CNC(=O)OCc1ccccc1)C(=O)O. The maximum absolute atomic E-state index is 12.1. The summed E-state index contributed by atoms with van der Waals surface area (Å²) in [6.07, 6.45) is -2.14. The molecule has 0 heterocycles. The lowest BCUT2D eigenvalue weighted by Crippen LogP contribution is -2.45. The van der Waals surface area contributed by atoms with Crippen LogP contribution in [0.1, 0.15) is 39.2 Å². The van der Waals surface area contributed by atoms with Crippen molar-refractivity contribution in [2.24, 2.45) is 0 Å². The number of rotatable bonds is 12. The van der Waals surface area contributed by atoms with Gasteiger partial charge in [0.15, 0.2) is 8.32 Å². The van der Waals surface area contributed by atoms with Crippen molar-refractivity contribution in [3.8, 4) is 0 Å². The molecular formula is C22H36N2O7Si. The van der Waals surface area contributed by atoms with E-state index in [-0.39, 0.29) is 37.6 Å². The Balaban J connectivity index is 2.37. The standard InChI is InChI=1S/C22H36N2O7Si/c1-22(2,3)32(4,5)31-12-11-18(20(27)28)24-19(26)13-17(25)14-23-21(29)30-15-16-9-7-6-8-10-16/h6-10,17-18,25H,11-15H2,1-5H3,(H,23,29)(H,24,26)(H,27,28)/t17-,18-/m0/s1. The van der Waals surface area contributed by atoms with Crippen LogP contribution in [-0.2, 0) is 25.4 Å². The van der Waals surface area contributed by atoms with Gasteiger partial charge >= 0.3 is 12.1 Å². The zero-order chi connectivity index (χ0) is 24.4. The molecule has 0 aliphatic heterocycles. The molecular weight excluding hydrogens is 432 g/mol. The fourth-order valence-corrected chi connectivity index (χ4v) is 3.48. The highest BCUT2D eigenvalue weighted by Gasteiger charge is 2.37. The molecule has 0 spiro atoms. The molecule has 1 aromatic carbocycles. The minimum Gasteiger partial charge on any atom is -0.480 e. The number of carbonyl (C=O) groups is 3. The first-order valence-electron chi connectivity index (χ1n) is 10.6. The van der Waals surface area contributed by atoms with Gasteiger partial charge in [-0.05, 0) is 23.7 Å². The van der Waals surface area contributed by atoms with Gasteiger partial charge in [-0.2, -0.15) is 0 Å². The first-order valence-corrected chi connectivity index (χ1v) is 13.5. The predicted octanol–water partition coefficient (Wildman–Crippen LogP) is 2.65. The van der Waals surface area contributed by atoms with Crippen molar-refractivity contribution < 1.29 is 33.8 Å². The fraction of sp³-hybridized carbons (Fsp3) is 0.591. The minimum atomic E-state index is -2.02. The first-order chi connectivity index (χ1) is 14.8. The van der Waals surface area contributed by atoms with Gasteiger partial charge in [0.2, 0.25) is 5.91 Å². The minimum absolute atomic E-state index is 0.00563. The van der Waals surface area contributed by atoms with Gasteiger partial charge in [0.25, 0.3) is 0 Å². The van der Waals surface area contributed by atoms with Crippen LogP contribution in [0.3, 0.4) is 0 Å². The molecule has 1 aromatic rings. The van der Waals surface area contributed by atoms with Gasteiger partial charge < -0.3 is 30.0 Å². The number of carbonyl (C=O) groups excluding carboxylic acids is 2. The number of carboxylic acid groups (broad SMARTS) is 1. The van der Waals surface area contributed by atoms with Gasteiger partial charge in [0.1, 0.15) is 12.6 Å². The van der Waals surface area contributed by atoms with E-state index in [1.165, 1.54) is 0 Å². The summed E-state index contributed by atoms with van der Waals surface area (Å²) in [4.78, 5) is 35.3. The molecule has 0 aliphatic carbocycles. The lowest BCUT2D eigenvalue weighted by Gasteiger charge is -2.36. The molecule has 9 nitrogen and oxygen atoms in total. The number of benzene rings is 1. The zero-order valence-electron chi connectivity index (χ0n) is 19.5. The Bertz CT molecular complexity index is 750. The number of ether oxygens (including phenoxy) is 1. The van der Waals surface area contributed by atoms with E-state index in [1.807, 2.05) is 30.3 Å². The van der Waals surface area contributed by atoms with E-state index >= 15 is 0 Å². The van der Waals surface area contributed by atoms with Crippen LogP contribution in [0.25, 0.3) is 0 Å². The van der Waals surface area contributed by atoms with Crippen molar-refractivity contribution in [3.05, 3.63) is 35.9 Å². The second-order valence-corrected chi connectivity index (χ2v) is 14.0. The second-order valence-electron chi connectivity index (χ2n) is 9.16. The highest BCUT2D eigenvalue weighted by molar-refractivity contribution is 6.74. The fourth-order valence-electron chi connectivity index (χ4n) is 2.42. The van der Waals surface area contributed by atoms with Crippen LogP contribution in [-0.4, -0.2) is 61.8 Å². The van der Waals surface area contributed by atoms with Crippen LogP contribution in [0.2, 0.25) is 18.1 Å². The molecule has 180 valence electrons. The lowest BCUT2D eigenvalue weighted by molar-refractivity contribution is -0.142. The monoisotopic (exact) mass is 468 g/mol. The van der Waals surface area contributed by atoms with Crippen molar-refractivity contribution in [3.63, 3.8) is 0 Å². The number of nitrogens with one attached hydrogen (secondary N) is 2. The number of amides is 2. The lowest BCUT2D eigenvalue weighted by atomic mass is 10.2. The van der Waals surface area contributed by atoms with Gasteiger partial charge in [-0.25, -0.2) is 9.59 Å². The van der Waals surface area contributed by atoms with E-state index < -0.39 is 38.4 Å². The summed E-state index contributed by atoms with van der Waals surface area (Å²) in [6.45, 7) is 10.5. The maximum atomic E-state index is 12.1. The summed E-state index contributed by atoms with van der Waals surface area (Å²) in [5.41, 5.74) is 0.819. The molecule has 0 fully saturated rings. The van der Waals surface area contributed by atoms with Crippen molar-refractivity contribution in [1.82, 2.24) is 10.6 Å². The average Bonchev–Trinajstić information content (AvgIpc) is 2.69. The van der Waals surface area contributed by atoms with E-state index in [0.717, 1.165) is 5.56 Å². The molecule has 0 unspecified atom stereocenters. The Morgan fingerprint density at radius 2 is 1.75 bits per heavy atom. The zero-order valence-corrected chi connectivity index (χ0v) is 20.5. The number of aliphatic hydroxyl groups excluding tert-OH is 1. The van der Waals surface area contributed by atoms with Gasteiger partial charge in [-0.15, -0.1) is 0 Å². The van der Waals surface area contributed by atoms with E-state index in [2.05, 4.69) is 44.5 Å². The summed E-state index contributed by atoms with van der Waals surface area (Å²) >= 11 is 0. The van der Waals surface area contributed by atoms with Gasteiger partial charge in [-0.1, -0.05) is 51.1 Å². The summed E-state index contributed by atoms with van der Waals surface area (Å²) in [7, 11) is -2.02. The largest absolute Gasteiger partial charge is 0.480 e. The van der Waals surface area contributed by atoms with E-state index in [1.54, 1.807) is 0 Å². The van der Waals surface area contributed by atoms with E-state index in [9.17, 15) is 24.6 Å². The molecule has 0 radical (unpaired) electrons. The average molecular weight is 469 g/mol. The van der Waals surface area contributed by atoms with Crippen LogP contribution in [0.4, 0.5) is 4.79 Å². The summed E-state index contributed by atoms with van der Waals surface area (Å²) < 4.78 is 11.0. The third-order valence-corrected chi connectivity index (χ3v) is 9.96. The number of hydrogen-bond donors (Lipinski definition) is 4. The third-order valence-electron chi connectivity index (χ3n) is 5.42. The van der Waals surface area contributed by atoms with Crippen LogP contribution >= 0.6 is 0 Å². The molecule has 1 rings (SSSR count). The molecule has 0 aromatic heterocycles. The second kappa shape index (κ2) is 12.6. The molecule has 4 N–H and O–H groups in total. The molecule has 0 bridgehead atoms. The quantitative estimate of drug-likeness (QED) is 0.346. The van der Waals surface area contributed by atoms with Crippen molar-refractivity contribution in [2.75, 3.05) is 13.2 Å². The van der Waals surface area contributed by atoms with Crippen molar-refractivity contribution >= 4 is 26.3 Å². The van der Waals surface area contributed by atoms with Gasteiger partial charge in [0, 0.05) is 19.6 Å². The van der Waals surface area contributed by atoms with Crippen LogP contribution in [0.5, 0.6) is 0 Å². The molecule has 32 heavy (non-hydrogen) atoms. The normalized spacial score (nSPS) is 13.7. The number of aliphatic carboxylic acids is 1. The van der Waals surface area contributed by atoms with Crippen LogP contribution < -0.4 is 10.6 Å². The van der Waals surface area contributed by atoms with Gasteiger partial charge in [-0.3, -0.25) is 4.79 Å². The molecule has 0 saturated carbocycles. The number of carboxylic acids is 1. The first kappa shape index (κ1) is 27.6. The van der Waals surface area contributed by atoms with Crippen molar-refractivity contribution in [2.45, 2.75) is 70.5 Å². The number of aliphatic hydroxyl groups is 1. The van der Waals surface area contributed by atoms with Crippen LogP contribution in [0, 0.1) is 0 Å². The highest BCUT2D eigenvalue weighted by Crippen LogP contribution is 2.36. The summed E-state index contributed by atoms with van der Waals surface area (Å²) in [5.74, 6) is -1.80. The predicted molar refractivity (Wildman–Crippen MR) is 123 cm³/mol. The molecule has 0 saturated heterocycles. The Kier molecular flexibility index (Phi) is 10.8. The van der Waals surface area contributed by atoms with Crippen LogP contribution in [0.15, 0.2) is 30.3 Å². The molecule has 2 amide bonds. The van der Waals surface area contributed by atoms with E-state index in [0.29, 0.717) is 0 Å². The van der Waals surface area contributed by atoms with Gasteiger partial charge in [0.05, 0.1) is 12.5 Å². The topological polar surface area (TPSA) is 134 Å². The number of alkyl carbamates (subject to hydrolysis) is 1. The smallest absolute Gasteiger partial charge is 0.407 e. The Morgan fingerprint density at radius 3 is 2.31 bits per heavy atom. The van der Waals surface area contributed by atoms with E-state index in [4.69, 9.17) is 9.16 Å². The Morgan fingerprint density at radius 1 is 1.12 bits per heavy atom. The Labute approximate surface area is 190 Å². The molecule has 2 atom stereocenters. The maximum Gasteiger partial charge on any atom is 0.407 e. The number of hydrogen-bond acceptors (Lipinski definition) is 6. The third kappa shape index (κ3) is 10.3. The Hall–Kier alpha value is -2.43. The summed E-state index contributed by atoms with van der Waals surface area (Å²) in [6, 6.07) is 7.99. The molecule has 10 heteroatoms. The van der Waals surface area contributed by atoms with Crippen molar-refractivity contribution in [1.29, 1.82) is 0 Å². The molecule has 0 aliphatic rings. The summed E-state index contributed by atoms with van der Waals surface area (Å²) in [5, 5.41) is 24.1. The highest BCUT2D eigenvalue weighted by atomic mass is 28.4.